The molecule has 2 rings (SSSR count). The maximum atomic E-state index is 9.57. The number of rotatable bonds is 6. The van der Waals surface area contributed by atoms with Crippen LogP contribution in [0.2, 0.25) is 0 Å². The SMILES string of the molecule is CCCCc1[nH+]c(N)c(C#N)c(-c2ccccc2)c1CCC. The van der Waals surface area contributed by atoms with Crippen LogP contribution in [0.5, 0.6) is 0 Å². The van der Waals surface area contributed by atoms with Gasteiger partial charge in [-0.1, -0.05) is 57.0 Å². The number of nitrogens with two attached hydrogens (primary N) is 1. The van der Waals surface area contributed by atoms with E-state index in [1.54, 1.807) is 0 Å². The Bertz CT molecular complexity index is 669. The molecule has 0 spiro atoms. The molecule has 3 N–H and O–H groups in total. The molecule has 0 saturated heterocycles. The number of H-pyrrole nitrogens is 1. The number of hydrogen-bond acceptors (Lipinski definition) is 2. The number of nitrogens with one attached hydrogen (secondary N) is 1. The van der Waals surface area contributed by atoms with Crippen molar-refractivity contribution in [3.8, 4) is 17.2 Å². The topological polar surface area (TPSA) is 63.9 Å². The first-order valence-electron chi connectivity index (χ1n) is 8.04. The number of hydrogen-bond donors (Lipinski definition) is 1. The maximum absolute atomic E-state index is 9.57. The minimum absolute atomic E-state index is 0.479. The number of nitrogen functional groups attached to an aromatic ring is 1. The summed E-state index contributed by atoms with van der Waals surface area (Å²) in [5.74, 6) is 0.479. The van der Waals surface area contributed by atoms with Crippen LogP contribution in [0.4, 0.5) is 5.82 Å². The van der Waals surface area contributed by atoms with Gasteiger partial charge in [-0.2, -0.15) is 5.26 Å². The maximum Gasteiger partial charge on any atom is 0.289 e. The van der Waals surface area contributed by atoms with Crippen LogP contribution in [0.1, 0.15) is 49.9 Å². The van der Waals surface area contributed by atoms with Gasteiger partial charge in [-0.25, -0.2) is 4.98 Å². The van der Waals surface area contributed by atoms with Gasteiger partial charge in [-0.05, 0) is 18.4 Å². The van der Waals surface area contributed by atoms with Gasteiger partial charge in [0.25, 0.3) is 5.82 Å². The Morgan fingerprint density at radius 2 is 1.82 bits per heavy atom. The van der Waals surface area contributed by atoms with Crippen molar-refractivity contribution in [1.82, 2.24) is 0 Å². The molecule has 0 atom stereocenters. The predicted octanol–water partition coefficient (Wildman–Crippen LogP) is 3.92. The smallest absolute Gasteiger partial charge is 0.286 e. The van der Waals surface area contributed by atoms with E-state index in [1.165, 1.54) is 11.3 Å². The number of benzene rings is 1. The standard InChI is InChI=1S/C19H23N3/c1-3-5-12-17-15(9-4-2)18(14-10-7-6-8-11-14)16(13-20)19(21)22-17/h6-8,10-11H,3-5,9,12H2,1-2H3,(H2,21,22)/p+1. The number of aromatic amines is 1. The zero-order valence-electron chi connectivity index (χ0n) is 13.4. The Kier molecular flexibility index (Phi) is 5.55. The Labute approximate surface area is 132 Å². The van der Waals surface area contributed by atoms with E-state index in [1.807, 2.05) is 18.2 Å². The molecule has 114 valence electrons. The van der Waals surface area contributed by atoms with Gasteiger partial charge in [0.15, 0.2) is 0 Å². The highest BCUT2D eigenvalue weighted by Gasteiger charge is 2.22. The summed E-state index contributed by atoms with van der Waals surface area (Å²) in [7, 11) is 0. The van der Waals surface area contributed by atoms with Gasteiger partial charge < -0.3 is 0 Å². The lowest BCUT2D eigenvalue weighted by atomic mass is 9.90. The van der Waals surface area contributed by atoms with E-state index in [9.17, 15) is 5.26 Å². The van der Waals surface area contributed by atoms with Gasteiger partial charge in [-0.3, -0.25) is 5.73 Å². The molecule has 2 aromatic rings. The summed E-state index contributed by atoms with van der Waals surface area (Å²) in [6.07, 6.45) is 5.23. The molecule has 0 fully saturated rings. The predicted molar refractivity (Wildman–Crippen MR) is 90.2 cm³/mol. The molecule has 1 aromatic heterocycles. The minimum Gasteiger partial charge on any atom is -0.286 e. The molecule has 0 aliphatic heterocycles. The number of aromatic nitrogens is 1. The van der Waals surface area contributed by atoms with Crippen molar-refractivity contribution in [1.29, 1.82) is 5.26 Å². The van der Waals surface area contributed by atoms with Crippen molar-refractivity contribution < 1.29 is 4.98 Å². The summed E-state index contributed by atoms with van der Waals surface area (Å²) in [5, 5.41) is 9.57. The number of nitrogens with zero attached hydrogens (tertiary/aromatic N) is 1. The number of nitriles is 1. The third kappa shape index (κ3) is 3.28. The van der Waals surface area contributed by atoms with Crippen LogP contribution in [0, 0.1) is 11.3 Å². The average Bonchev–Trinajstić information content (AvgIpc) is 2.55. The minimum atomic E-state index is 0.479. The third-order valence-electron chi connectivity index (χ3n) is 3.93. The average molecular weight is 294 g/mol. The first kappa shape index (κ1) is 16.0. The lowest BCUT2D eigenvalue weighted by Gasteiger charge is -2.14. The molecule has 3 heteroatoms. The van der Waals surface area contributed by atoms with E-state index in [0.29, 0.717) is 11.4 Å². The fraction of sp³-hybridized carbons (Fsp3) is 0.368. The van der Waals surface area contributed by atoms with Crippen LogP contribution in [-0.4, -0.2) is 0 Å². The zero-order chi connectivity index (χ0) is 15.9. The van der Waals surface area contributed by atoms with Crippen molar-refractivity contribution in [2.75, 3.05) is 5.73 Å². The van der Waals surface area contributed by atoms with Crippen molar-refractivity contribution >= 4 is 5.82 Å². The van der Waals surface area contributed by atoms with Gasteiger partial charge in [0.05, 0.1) is 0 Å². The summed E-state index contributed by atoms with van der Waals surface area (Å²) in [6.45, 7) is 4.35. The summed E-state index contributed by atoms with van der Waals surface area (Å²) in [4.78, 5) is 3.28. The second-order valence-corrected chi connectivity index (χ2v) is 5.58. The quantitative estimate of drug-likeness (QED) is 0.877. The highest BCUT2D eigenvalue weighted by Crippen LogP contribution is 2.31. The summed E-state index contributed by atoms with van der Waals surface area (Å²) < 4.78 is 0. The van der Waals surface area contributed by atoms with Crippen molar-refractivity contribution in [3.05, 3.63) is 47.2 Å². The van der Waals surface area contributed by atoms with Crippen LogP contribution in [0.25, 0.3) is 11.1 Å². The molecule has 0 unspecified atom stereocenters. The second kappa shape index (κ2) is 7.61. The van der Waals surface area contributed by atoms with E-state index in [4.69, 9.17) is 5.73 Å². The van der Waals surface area contributed by atoms with Gasteiger partial charge in [0.2, 0.25) is 0 Å². The van der Waals surface area contributed by atoms with Gasteiger partial charge in [0, 0.05) is 17.5 Å². The van der Waals surface area contributed by atoms with Crippen LogP contribution in [0.15, 0.2) is 30.3 Å². The Morgan fingerprint density at radius 1 is 1.09 bits per heavy atom. The van der Waals surface area contributed by atoms with E-state index >= 15 is 0 Å². The normalized spacial score (nSPS) is 10.4. The molecular formula is C19H24N3+. The Balaban J connectivity index is 2.70. The third-order valence-corrected chi connectivity index (χ3v) is 3.93. The van der Waals surface area contributed by atoms with E-state index < -0.39 is 0 Å². The van der Waals surface area contributed by atoms with Crippen LogP contribution >= 0.6 is 0 Å². The summed E-state index contributed by atoms with van der Waals surface area (Å²) in [5.41, 5.74) is 11.2. The van der Waals surface area contributed by atoms with Gasteiger partial charge in [-0.15, -0.1) is 0 Å². The number of unbranched alkanes of at least 4 members (excludes halogenated alkanes) is 1. The lowest BCUT2D eigenvalue weighted by Crippen LogP contribution is -2.22. The van der Waals surface area contributed by atoms with Crippen molar-refractivity contribution in [2.24, 2.45) is 0 Å². The van der Waals surface area contributed by atoms with Crippen LogP contribution in [0.3, 0.4) is 0 Å². The molecule has 0 saturated carbocycles. The molecule has 0 bridgehead atoms. The van der Waals surface area contributed by atoms with Crippen molar-refractivity contribution in [3.63, 3.8) is 0 Å². The molecule has 0 aliphatic rings. The molecule has 0 aliphatic carbocycles. The first-order chi connectivity index (χ1) is 10.7. The van der Waals surface area contributed by atoms with E-state index in [0.717, 1.165) is 43.2 Å². The Hall–Kier alpha value is -2.34. The summed E-state index contributed by atoms with van der Waals surface area (Å²) in [6, 6.07) is 12.4. The molecule has 0 radical (unpaired) electrons. The van der Waals surface area contributed by atoms with E-state index in [-0.39, 0.29) is 0 Å². The molecule has 1 aromatic carbocycles. The Morgan fingerprint density at radius 3 is 2.41 bits per heavy atom. The van der Waals surface area contributed by atoms with Gasteiger partial charge >= 0.3 is 0 Å². The van der Waals surface area contributed by atoms with Crippen LogP contribution in [-0.2, 0) is 12.8 Å². The molecule has 1 heterocycles. The molecule has 3 nitrogen and oxygen atoms in total. The first-order valence-corrected chi connectivity index (χ1v) is 8.04. The molecule has 22 heavy (non-hydrogen) atoms. The monoisotopic (exact) mass is 294 g/mol. The molecule has 0 amide bonds. The fourth-order valence-electron chi connectivity index (χ4n) is 2.87. The summed E-state index contributed by atoms with van der Waals surface area (Å²) >= 11 is 0. The number of aryl methyl sites for hydroxylation is 1. The lowest BCUT2D eigenvalue weighted by molar-refractivity contribution is -0.374. The highest BCUT2D eigenvalue weighted by atomic mass is 14.9. The zero-order valence-corrected chi connectivity index (χ0v) is 13.4. The van der Waals surface area contributed by atoms with Crippen molar-refractivity contribution in [2.45, 2.75) is 46.0 Å². The molecular weight excluding hydrogens is 270 g/mol. The largest absolute Gasteiger partial charge is 0.289 e. The second-order valence-electron chi connectivity index (χ2n) is 5.58. The number of pyridine rings is 1. The number of anilines is 1. The highest BCUT2D eigenvalue weighted by molar-refractivity contribution is 5.77. The van der Waals surface area contributed by atoms with Gasteiger partial charge in [0.1, 0.15) is 17.3 Å². The van der Waals surface area contributed by atoms with Crippen LogP contribution < -0.4 is 10.7 Å². The van der Waals surface area contributed by atoms with E-state index in [2.05, 4.69) is 37.0 Å². The fourth-order valence-corrected chi connectivity index (χ4v) is 2.87.